The zero-order chi connectivity index (χ0) is 22.7. The minimum absolute atomic E-state index is 0.0103. The molecule has 32 heavy (non-hydrogen) atoms. The highest BCUT2D eigenvalue weighted by Gasteiger charge is 2.33. The van der Waals surface area contributed by atoms with Crippen LogP contribution in [0, 0.1) is 0 Å². The first-order chi connectivity index (χ1) is 15.5. The zero-order valence-corrected chi connectivity index (χ0v) is 18.1. The van der Waals surface area contributed by atoms with E-state index in [0.29, 0.717) is 30.4 Å². The van der Waals surface area contributed by atoms with Gasteiger partial charge in [0.15, 0.2) is 0 Å². The van der Waals surface area contributed by atoms with Gasteiger partial charge >= 0.3 is 0 Å². The molecule has 1 aromatic carbocycles. The van der Waals surface area contributed by atoms with E-state index in [2.05, 4.69) is 27.3 Å². The Morgan fingerprint density at radius 2 is 2.16 bits per heavy atom. The number of fused-ring (bicyclic) bond motifs is 2. The van der Waals surface area contributed by atoms with Crippen molar-refractivity contribution in [3.63, 3.8) is 0 Å². The van der Waals surface area contributed by atoms with Crippen LogP contribution in [0.3, 0.4) is 0 Å². The molecule has 0 saturated heterocycles. The minimum atomic E-state index is -0.854. The number of nitrogens with one attached hydrogen (secondary N) is 2. The molecule has 0 aliphatic carbocycles. The molecule has 2 aliphatic rings. The molecule has 2 amide bonds. The van der Waals surface area contributed by atoms with Crippen molar-refractivity contribution in [2.45, 2.75) is 25.6 Å². The van der Waals surface area contributed by atoms with Crippen LogP contribution < -0.4 is 20.3 Å². The standard InChI is InChI=1S/C23H26N6O3/c1-4-5-6-9-15(2)19-21-26-20(27-29(21)13-12-24-19)22(30)25-16-14-32-18-11-8-7-10-17(18)28(3)23(16)31/h4-11,16,19,24H,2,12-14H2,1,3H3,(H,25,30)/b5-4-,9-6-/t16-,19+/m0/s1. The van der Waals surface area contributed by atoms with Gasteiger partial charge in [-0.25, -0.2) is 9.67 Å². The third kappa shape index (κ3) is 4.19. The molecule has 2 aromatic rings. The fraction of sp³-hybridized carbons (Fsp3) is 0.304. The second kappa shape index (κ2) is 9.19. The molecule has 1 aromatic heterocycles. The van der Waals surface area contributed by atoms with Gasteiger partial charge in [0.1, 0.15) is 24.2 Å². The summed E-state index contributed by atoms with van der Waals surface area (Å²) < 4.78 is 7.46. The maximum Gasteiger partial charge on any atom is 0.291 e. The molecule has 0 spiro atoms. The number of allylic oxidation sites excluding steroid dienone is 3. The van der Waals surface area contributed by atoms with Crippen LogP contribution in [0.4, 0.5) is 5.69 Å². The molecule has 0 saturated carbocycles. The topological polar surface area (TPSA) is 101 Å². The lowest BCUT2D eigenvalue weighted by Crippen LogP contribution is -2.49. The molecule has 2 aliphatic heterocycles. The number of likely N-dealkylation sites (N-methyl/N-ethyl adjacent to an activating group) is 1. The molecule has 4 rings (SSSR count). The van der Waals surface area contributed by atoms with Crippen molar-refractivity contribution in [3.8, 4) is 5.75 Å². The van der Waals surface area contributed by atoms with Crippen molar-refractivity contribution in [1.82, 2.24) is 25.4 Å². The predicted octanol–water partition coefficient (Wildman–Crippen LogP) is 1.76. The Kier molecular flexibility index (Phi) is 6.18. The highest BCUT2D eigenvalue weighted by atomic mass is 16.5. The first-order valence-electron chi connectivity index (χ1n) is 10.5. The third-order valence-corrected chi connectivity index (χ3v) is 5.38. The zero-order valence-electron chi connectivity index (χ0n) is 18.1. The van der Waals surface area contributed by atoms with Crippen molar-refractivity contribution in [3.05, 3.63) is 72.4 Å². The van der Waals surface area contributed by atoms with Crippen LogP contribution in [-0.2, 0) is 11.3 Å². The molecule has 166 valence electrons. The lowest BCUT2D eigenvalue weighted by atomic mass is 10.1. The van der Waals surface area contributed by atoms with Gasteiger partial charge in [-0.15, -0.1) is 5.10 Å². The van der Waals surface area contributed by atoms with Gasteiger partial charge < -0.3 is 20.3 Å². The van der Waals surface area contributed by atoms with Crippen molar-refractivity contribution in [2.75, 3.05) is 25.1 Å². The van der Waals surface area contributed by atoms with E-state index in [1.807, 2.05) is 43.4 Å². The van der Waals surface area contributed by atoms with Gasteiger partial charge in [0.25, 0.3) is 11.8 Å². The molecule has 0 fully saturated rings. The second-order valence-electron chi connectivity index (χ2n) is 7.57. The van der Waals surface area contributed by atoms with Crippen molar-refractivity contribution in [2.24, 2.45) is 0 Å². The summed E-state index contributed by atoms with van der Waals surface area (Å²) >= 11 is 0. The summed E-state index contributed by atoms with van der Waals surface area (Å²) in [5.41, 5.74) is 1.47. The fourth-order valence-corrected chi connectivity index (χ4v) is 3.70. The molecule has 9 nitrogen and oxygen atoms in total. The number of ether oxygens (including phenoxy) is 1. The molecule has 3 heterocycles. The molecule has 0 radical (unpaired) electrons. The number of rotatable bonds is 5. The molecule has 0 unspecified atom stereocenters. The van der Waals surface area contributed by atoms with Gasteiger partial charge in [0, 0.05) is 13.6 Å². The number of benzene rings is 1. The number of hydrogen-bond acceptors (Lipinski definition) is 6. The number of para-hydroxylation sites is 2. The summed E-state index contributed by atoms with van der Waals surface area (Å²) in [6.45, 7) is 7.34. The Morgan fingerprint density at radius 3 is 2.97 bits per heavy atom. The number of amides is 2. The SMILES string of the molecule is C=C(/C=C\C=C/C)[C@H]1NCCn2nc(C(=O)N[C@H]3COc4ccccc4N(C)C3=O)nc21. The third-order valence-electron chi connectivity index (χ3n) is 5.38. The monoisotopic (exact) mass is 434 g/mol. The van der Waals surface area contributed by atoms with Crippen molar-refractivity contribution >= 4 is 17.5 Å². The van der Waals surface area contributed by atoms with Crippen LogP contribution in [-0.4, -0.2) is 52.8 Å². The molecule has 2 N–H and O–H groups in total. The Balaban J connectivity index is 1.50. The highest BCUT2D eigenvalue weighted by Crippen LogP contribution is 2.30. The molecule has 9 heteroatoms. The van der Waals surface area contributed by atoms with E-state index >= 15 is 0 Å². The Hall–Kier alpha value is -3.72. The molecular weight excluding hydrogens is 408 g/mol. The Labute approximate surface area is 186 Å². The average molecular weight is 435 g/mol. The quantitative estimate of drug-likeness (QED) is 0.696. The van der Waals surface area contributed by atoms with Crippen LogP contribution in [0.15, 0.2) is 60.7 Å². The van der Waals surface area contributed by atoms with E-state index in [1.54, 1.807) is 23.9 Å². The summed E-state index contributed by atoms with van der Waals surface area (Å²) in [5, 5.41) is 10.4. The predicted molar refractivity (Wildman–Crippen MR) is 120 cm³/mol. The number of aromatic nitrogens is 3. The van der Waals surface area contributed by atoms with Gasteiger partial charge in [-0.3, -0.25) is 9.59 Å². The second-order valence-corrected chi connectivity index (χ2v) is 7.57. The first kappa shape index (κ1) is 21.5. The Bertz CT molecular complexity index is 1100. The van der Waals surface area contributed by atoms with E-state index in [9.17, 15) is 9.59 Å². The van der Waals surface area contributed by atoms with Crippen LogP contribution in [0.5, 0.6) is 5.75 Å². The van der Waals surface area contributed by atoms with Gasteiger partial charge in [0.05, 0.1) is 18.3 Å². The maximum atomic E-state index is 12.9. The normalized spacial score (nSPS) is 20.6. The summed E-state index contributed by atoms with van der Waals surface area (Å²) in [7, 11) is 1.66. The molecular formula is C23H26N6O3. The van der Waals surface area contributed by atoms with E-state index in [0.717, 1.165) is 5.57 Å². The van der Waals surface area contributed by atoms with Gasteiger partial charge in [-0.2, -0.15) is 0 Å². The van der Waals surface area contributed by atoms with Crippen LogP contribution in [0.2, 0.25) is 0 Å². The highest BCUT2D eigenvalue weighted by molar-refractivity contribution is 6.02. The lowest BCUT2D eigenvalue weighted by Gasteiger charge is -2.24. The molecule has 0 bridgehead atoms. The van der Waals surface area contributed by atoms with Crippen LogP contribution in [0.1, 0.15) is 29.4 Å². The number of carbonyl (C=O) groups is 2. The summed E-state index contributed by atoms with van der Waals surface area (Å²) in [6, 6.07) is 6.15. The smallest absolute Gasteiger partial charge is 0.291 e. The summed E-state index contributed by atoms with van der Waals surface area (Å²) in [6.07, 6.45) is 7.64. The average Bonchev–Trinajstić information content (AvgIpc) is 3.21. The summed E-state index contributed by atoms with van der Waals surface area (Å²) in [4.78, 5) is 31.7. The van der Waals surface area contributed by atoms with Crippen molar-refractivity contribution < 1.29 is 14.3 Å². The number of anilines is 1. The first-order valence-corrected chi connectivity index (χ1v) is 10.5. The minimum Gasteiger partial charge on any atom is -0.489 e. The van der Waals surface area contributed by atoms with E-state index < -0.39 is 11.9 Å². The van der Waals surface area contributed by atoms with Crippen LogP contribution >= 0.6 is 0 Å². The lowest BCUT2D eigenvalue weighted by molar-refractivity contribution is -0.120. The largest absolute Gasteiger partial charge is 0.489 e. The van der Waals surface area contributed by atoms with Crippen molar-refractivity contribution in [1.29, 1.82) is 0 Å². The number of nitrogens with zero attached hydrogens (tertiary/aromatic N) is 4. The van der Waals surface area contributed by atoms with E-state index in [-0.39, 0.29) is 24.4 Å². The maximum absolute atomic E-state index is 12.9. The number of hydrogen-bond donors (Lipinski definition) is 2. The summed E-state index contributed by atoms with van der Waals surface area (Å²) in [5.74, 6) is 0.422. The molecule has 2 atom stereocenters. The van der Waals surface area contributed by atoms with Crippen LogP contribution in [0.25, 0.3) is 0 Å². The fourth-order valence-electron chi connectivity index (χ4n) is 3.70. The van der Waals surface area contributed by atoms with Gasteiger partial charge in [0.2, 0.25) is 5.82 Å². The number of carbonyl (C=O) groups excluding carboxylic acids is 2. The van der Waals surface area contributed by atoms with E-state index in [4.69, 9.17) is 4.74 Å². The van der Waals surface area contributed by atoms with E-state index in [1.165, 1.54) is 4.90 Å². The Morgan fingerprint density at radius 1 is 1.34 bits per heavy atom. The van der Waals surface area contributed by atoms with Gasteiger partial charge in [-0.1, -0.05) is 43.0 Å². The van der Waals surface area contributed by atoms with Gasteiger partial charge in [-0.05, 0) is 24.6 Å².